The Bertz CT molecular complexity index is 647. The summed E-state index contributed by atoms with van der Waals surface area (Å²) in [6, 6.07) is 7.63. The van der Waals surface area contributed by atoms with Gasteiger partial charge in [-0.2, -0.15) is 4.40 Å². The van der Waals surface area contributed by atoms with Crippen LogP contribution >= 0.6 is 0 Å². The Labute approximate surface area is 95.1 Å². The van der Waals surface area contributed by atoms with Gasteiger partial charge in [0.05, 0.1) is 10.4 Å². The summed E-state index contributed by atoms with van der Waals surface area (Å²) in [5.74, 6) is 0. The van der Waals surface area contributed by atoms with E-state index >= 15 is 0 Å². The topological polar surface area (TPSA) is 42.3 Å². The third-order valence-electron chi connectivity index (χ3n) is 2.46. The lowest BCUT2D eigenvalue weighted by Gasteiger charge is -2.05. The van der Waals surface area contributed by atoms with Crippen LogP contribution in [0.2, 0.25) is 0 Å². The third-order valence-corrected chi connectivity index (χ3v) is 3.58. The van der Waals surface area contributed by atoms with Crippen LogP contribution in [0.3, 0.4) is 0 Å². The van der Waals surface area contributed by atoms with Crippen LogP contribution in [-0.2, 0) is 11.0 Å². The molecule has 0 spiro atoms. The molecule has 0 saturated carbocycles. The van der Waals surface area contributed by atoms with Gasteiger partial charge in [-0.15, -0.1) is 0 Å². The van der Waals surface area contributed by atoms with Gasteiger partial charge in [-0.3, -0.25) is 4.98 Å². The van der Waals surface area contributed by atoms with E-state index in [1.165, 1.54) is 0 Å². The molecule has 1 aromatic heterocycles. The summed E-state index contributed by atoms with van der Waals surface area (Å²) < 4.78 is 15.9. The number of nitrogens with zero attached hydrogens (tertiary/aromatic N) is 2. The van der Waals surface area contributed by atoms with Crippen LogP contribution in [-0.4, -0.2) is 15.4 Å². The SMILES string of the molecule is O=S1N=CC=Cc2ccc3ncccc3c21. The minimum absolute atomic E-state index is 0.746. The molecule has 3 nitrogen and oxygen atoms in total. The van der Waals surface area contributed by atoms with E-state index in [-0.39, 0.29) is 0 Å². The fourth-order valence-corrected chi connectivity index (χ4v) is 2.74. The number of pyridine rings is 1. The summed E-state index contributed by atoms with van der Waals surface area (Å²) in [7, 11) is -1.34. The smallest absolute Gasteiger partial charge is 0.173 e. The van der Waals surface area contributed by atoms with Gasteiger partial charge in [0.25, 0.3) is 0 Å². The van der Waals surface area contributed by atoms with Gasteiger partial charge < -0.3 is 0 Å². The Morgan fingerprint density at radius 1 is 1.19 bits per heavy atom. The van der Waals surface area contributed by atoms with Gasteiger partial charge in [0.1, 0.15) is 0 Å². The first-order chi connectivity index (χ1) is 7.86. The average Bonchev–Trinajstić information content (AvgIpc) is 2.51. The van der Waals surface area contributed by atoms with Gasteiger partial charge in [0.2, 0.25) is 0 Å². The maximum atomic E-state index is 12.0. The van der Waals surface area contributed by atoms with Crippen LogP contribution in [0.25, 0.3) is 17.0 Å². The lowest BCUT2D eigenvalue weighted by atomic mass is 10.1. The van der Waals surface area contributed by atoms with E-state index in [1.54, 1.807) is 18.5 Å². The highest BCUT2D eigenvalue weighted by atomic mass is 32.2. The molecular weight excluding hydrogens is 220 g/mol. The van der Waals surface area contributed by atoms with E-state index in [2.05, 4.69) is 9.38 Å². The second kappa shape index (κ2) is 3.64. The average molecular weight is 228 g/mol. The molecule has 0 amide bonds. The molecule has 16 heavy (non-hydrogen) atoms. The van der Waals surface area contributed by atoms with E-state index in [9.17, 15) is 4.21 Å². The number of hydrogen-bond acceptors (Lipinski definition) is 2. The molecule has 2 aromatic rings. The van der Waals surface area contributed by atoms with Crippen molar-refractivity contribution in [3.8, 4) is 0 Å². The predicted molar refractivity (Wildman–Crippen MR) is 65.7 cm³/mol. The first-order valence-electron chi connectivity index (χ1n) is 4.86. The number of aromatic nitrogens is 1. The highest BCUT2D eigenvalue weighted by Crippen LogP contribution is 2.26. The third kappa shape index (κ3) is 1.39. The van der Waals surface area contributed by atoms with Crippen molar-refractivity contribution in [3.63, 3.8) is 0 Å². The van der Waals surface area contributed by atoms with Crippen molar-refractivity contribution in [3.05, 3.63) is 42.1 Å². The Morgan fingerprint density at radius 3 is 3.06 bits per heavy atom. The van der Waals surface area contributed by atoms with Gasteiger partial charge in [-0.05, 0) is 29.8 Å². The molecule has 0 N–H and O–H groups in total. The summed E-state index contributed by atoms with van der Waals surface area (Å²) in [6.45, 7) is 0. The highest BCUT2D eigenvalue weighted by Gasteiger charge is 2.13. The molecule has 0 saturated heterocycles. The standard InChI is InChI=1S/C12H8N2OS/c15-16-12-9(3-1-8-14-16)5-6-11-10(12)4-2-7-13-11/h1-8H. The molecular formula is C12H8N2OS. The van der Waals surface area contributed by atoms with Crippen molar-refractivity contribution in [2.24, 2.45) is 4.40 Å². The molecule has 1 aliphatic rings. The minimum atomic E-state index is -1.34. The minimum Gasteiger partial charge on any atom is -0.256 e. The monoisotopic (exact) mass is 228 g/mol. The first-order valence-corrected chi connectivity index (χ1v) is 5.97. The van der Waals surface area contributed by atoms with Crippen LogP contribution in [0, 0.1) is 0 Å². The molecule has 1 aromatic carbocycles. The Morgan fingerprint density at radius 2 is 2.12 bits per heavy atom. The number of rotatable bonds is 0. The van der Waals surface area contributed by atoms with Gasteiger partial charge in [-0.1, -0.05) is 12.1 Å². The van der Waals surface area contributed by atoms with Gasteiger partial charge in [0, 0.05) is 17.8 Å². The second-order valence-corrected chi connectivity index (χ2v) is 4.53. The zero-order chi connectivity index (χ0) is 11.0. The molecule has 1 unspecified atom stereocenters. The van der Waals surface area contributed by atoms with Gasteiger partial charge in [-0.25, -0.2) is 4.21 Å². The molecule has 1 aliphatic heterocycles. The molecule has 4 heteroatoms. The summed E-state index contributed by atoms with van der Waals surface area (Å²) in [4.78, 5) is 4.99. The Balaban J connectivity index is 2.45. The predicted octanol–water partition coefficient (Wildman–Crippen LogP) is 2.36. The number of benzene rings is 1. The van der Waals surface area contributed by atoms with Crippen LogP contribution < -0.4 is 0 Å². The fourth-order valence-electron chi connectivity index (χ4n) is 1.76. The van der Waals surface area contributed by atoms with Crippen molar-refractivity contribution in [1.29, 1.82) is 0 Å². The van der Waals surface area contributed by atoms with E-state index in [0.717, 1.165) is 21.4 Å². The van der Waals surface area contributed by atoms with Gasteiger partial charge >= 0.3 is 0 Å². The van der Waals surface area contributed by atoms with Crippen LogP contribution in [0.1, 0.15) is 5.56 Å². The molecule has 0 aliphatic carbocycles. The van der Waals surface area contributed by atoms with Crippen LogP contribution in [0.5, 0.6) is 0 Å². The van der Waals surface area contributed by atoms with Crippen molar-refractivity contribution in [2.45, 2.75) is 4.90 Å². The van der Waals surface area contributed by atoms with Crippen LogP contribution in [0.15, 0.2) is 45.8 Å². The first kappa shape index (κ1) is 9.42. The lowest BCUT2D eigenvalue weighted by molar-refractivity contribution is 0.685. The zero-order valence-electron chi connectivity index (χ0n) is 8.33. The van der Waals surface area contributed by atoms with E-state index in [0.29, 0.717) is 0 Å². The number of hydrogen-bond donors (Lipinski definition) is 0. The summed E-state index contributed by atoms with van der Waals surface area (Å²) in [5.41, 5.74) is 1.79. The fraction of sp³-hybridized carbons (Fsp3) is 0. The highest BCUT2D eigenvalue weighted by molar-refractivity contribution is 7.84. The van der Waals surface area contributed by atoms with Crippen molar-refractivity contribution >= 4 is 34.2 Å². The maximum Gasteiger partial charge on any atom is 0.173 e. The summed E-state index contributed by atoms with van der Waals surface area (Å²) >= 11 is 0. The second-order valence-electron chi connectivity index (χ2n) is 3.42. The van der Waals surface area contributed by atoms with Gasteiger partial charge in [0.15, 0.2) is 11.0 Å². The Kier molecular flexibility index (Phi) is 2.15. The van der Waals surface area contributed by atoms with Crippen molar-refractivity contribution in [1.82, 2.24) is 4.98 Å². The van der Waals surface area contributed by atoms with E-state index in [1.807, 2.05) is 30.3 Å². The number of fused-ring (bicyclic) bond motifs is 3. The van der Waals surface area contributed by atoms with Crippen LogP contribution in [0.4, 0.5) is 0 Å². The maximum absolute atomic E-state index is 12.0. The normalized spacial score (nSPS) is 18.4. The zero-order valence-corrected chi connectivity index (χ0v) is 9.15. The summed E-state index contributed by atoms with van der Waals surface area (Å²) in [5, 5.41) is 0.905. The Hall–Kier alpha value is -1.81. The molecule has 0 radical (unpaired) electrons. The molecule has 78 valence electrons. The largest absolute Gasteiger partial charge is 0.256 e. The molecule has 2 heterocycles. The van der Waals surface area contributed by atoms with E-state index in [4.69, 9.17) is 0 Å². The quantitative estimate of drug-likeness (QED) is 0.694. The molecule has 0 bridgehead atoms. The molecule has 0 fully saturated rings. The summed E-state index contributed by atoms with van der Waals surface area (Å²) in [6.07, 6.45) is 7.01. The molecule has 1 atom stereocenters. The number of allylic oxidation sites excluding steroid dienone is 1. The van der Waals surface area contributed by atoms with Crippen molar-refractivity contribution < 1.29 is 4.21 Å². The lowest BCUT2D eigenvalue weighted by Crippen LogP contribution is -1.93. The van der Waals surface area contributed by atoms with E-state index < -0.39 is 11.0 Å². The molecule has 3 rings (SSSR count). The van der Waals surface area contributed by atoms with Crippen molar-refractivity contribution in [2.75, 3.05) is 0 Å².